The van der Waals surface area contributed by atoms with Gasteiger partial charge in [0.25, 0.3) is 11.7 Å². The molecule has 2 aromatic carbocycles. The third-order valence-electron chi connectivity index (χ3n) is 5.92. The Kier molecular flexibility index (Phi) is 5.98. The van der Waals surface area contributed by atoms with Crippen molar-refractivity contribution in [3.63, 3.8) is 0 Å². The van der Waals surface area contributed by atoms with Crippen molar-refractivity contribution in [1.82, 2.24) is 14.5 Å². The van der Waals surface area contributed by atoms with E-state index in [0.717, 1.165) is 0 Å². The van der Waals surface area contributed by atoms with Gasteiger partial charge in [0.05, 0.1) is 17.9 Å². The van der Waals surface area contributed by atoms with Gasteiger partial charge in [-0.05, 0) is 42.3 Å². The molecule has 0 spiro atoms. The molecule has 1 unspecified atom stereocenters. The van der Waals surface area contributed by atoms with Crippen LogP contribution in [-0.2, 0) is 16.1 Å². The van der Waals surface area contributed by atoms with Crippen LogP contribution >= 0.6 is 11.6 Å². The van der Waals surface area contributed by atoms with Gasteiger partial charge < -0.3 is 24.0 Å². The maximum Gasteiger partial charge on any atom is 0.295 e. The van der Waals surface area contributed by atoms with Gasteiger partial charge >= 0.3 is 0 Å². The van der Waals surface area contributed by atoms with Crippen LogP contribution in [-0.4, -0.2) is 51.0 Å². The SMILES string of the molecule is O=C1C(=O)N(CCCn2ccnc2)C(c2ccc(Cl)cc2)/C1=C(/O)c1ccc2c(c1)OCCO2. The van der Waals surface area contributed by atoms with Crippen LogP contribution in [0, 0.1) is 0 Å². The first kappa shape index (κ1) is 22.0. The average Bonchev–Trinajstić information content (AvgIpc) is 3.46. The number of hydrogen-bond acceptors (Lipinski definition) is 6. The highest BCUT2D eigenvalue weighted by Crippen LogP contribution is 2.41. The lowest BCUT2D eigenvalue weighted by Crippen LogP contribution is -2.31. The number of ether oxygens (including phenoxy) is 2. The number of rotatable bonds is 6. The molecule has 5 rings (SSSR count). The molecule has 2 aliphatic rings. The number of imidazole rings is 1. The van der Waals surface area contributed by atoms with Crippen molar-refractivity contribution < 1.29 is 24.2 Å². The number of aromatic nitrogens is 2. The zero-order chi connectivity index (χ0) is 23.7. The number of halogens is 1. The van der Waals surface area contributed by atoms with Crippen LogP contribution in [0.15, 0.2) is 66.8 Å². The van der Waals surface area contributed by atoms with Crippen LogP contribution in [0.4, 0.5) is 0 Å². The van der Waals surface area contributed by atoms with Gasteiger partial charge in [-0.25, -0.2) is 4.98 Å². The van der Waals surface area contributed by atoms with Crippen LogP contribution < -0.4 is 9.47 Å². The predicted molar refractivity (Wildman–Crippen MR) is 125 cm³/mol. The van der Waals surface area contributed by atoms with Gasteiger partial charge in [0.15, 0.2) is 11.5 Å². The standard InChI is InChI=1S/C25H22ClN3O5/c26-18-5-2-16(3-6-18)22-21(23(30)17-4-7-19-20(14-17)34-13-12-33-19)24(31)25(32)29(22)10-1-9-28-11-8-27-15-28/h2-8,11,14-15,22,30H,1,9-10,12-13H2/b23-21-. The first-order chi connectivity index (χ1) is 16.5. The number of aliphatic hydroxyl groups excluding tert-OH is 1. The fraction of sp³-hybridized carbons (Fsp3) is 0.240. The van der Waals surface area contributed by atoms with E-state index in [1.165, 1.54) is 4.90 Å². The second-order valence-corrected chi connectivity index (χ2v) is 8.49. The molecule has 0 saturated carbocycles. The number of fused-ring (bicyclic) bond motifs is 1. The molecule has 1 aromatic heterocycles. The second-order valence-electron chi connectivity index (χ2n) is 8.06. The second kappa shape index (κ2) is 9.23. The average molecular weight is 480 g/mol. The molecule has 9 heteroatoms. The highest BCUT2D eigenvalue weighted by Gasteiger charge is 2.45. The van der Waals surface area contributed by atoms with E-state index >= 15 is 0 Å². The minimum Gasteiger partial charge on any atom is -0.507 e. The molecule has 1 amide bonds. The molecule has 1 N–H and O–H groups in total. The van der Waals surface area contributed by atoms with E-state index in [0.29, 0.717) is 60.4 Å². The monoisotopic (exact) mass is 479 g/mol. The highest BCUT2D eigenvalue weighted by molar-refractivity contribution is 6.46. The number of aryl methyl sites for hydroxylation is 1. The predicted octanol–water partition coefficient (Wildman–Crippen LogP) is 3.82. The Morgan fingerprint density at radius 3 is 2.56 bits per heavy atom. The van der Waals surface area contributed by atoms with Crippen molar-refractivity contribution in [2.45, 2.75) is 19.0 Å². The number of ketones is 1. The third kappa shape index (κ3) is 4.12. The maximum atomic E-state index is 13.2. The highest BCUT2D eigenvalue weighted by atomic mass is 35.5. The van der Waals surface area contributed by atoms with E-state index < -0.39 is 17.7 Å². The van der Waals surface area contributed by atoms with Crippen molar-refractivity contribution in [2.24, 2.45) is 0 Å². The summed E-state index contributed by atoms with van der Waals surface area (Å²) in [5, 5.41) is 11.8. The molecule has 174 valence electrons. The summed E-state index contributed by atoms with van der Waals surface area (Å²) in [7, 11) is 0. The molecular weight excluding hydrogens is 458 g/mol. The van der Waals surface area contributed by atoms with E-state index in [1.54, 1.807) is 55.0 Å². The van der Waals surface area contributed by atoms with Crippen molar-refractivity contribution >= 4 is 29.1 Å². The smallest absolute Gasteiger partial charge is 0.295 e. The lowest BCUT2D eigenvalue weighted by atomic mass is 9.95. The van der Waals surface area contributed by atoms with Crippen molar-refractivity contribution in [1.29, 1.82) is 0 Å². The van der Waals surface area contributed by atoms with Crippen LogP contribution in [0.1, 0.15) is 23.6 Å². The first-order valence-corrected chi connectivity index (χ1v) is 11.3. The molecule has 3 heterocycles. The lowest BCUT2D eigenvalue weighted by molar-refractivity contribution is -0.139. The van der Waals surface area contributed by atoms with Crippen molar-refractivity contribution in [2.75, 3.05) is 19.8 Å². The molecule has 2 aliphatic heterocycles. The van der Waals surface area contributed by atoms with Gasteiger partial charge in [0.1, 0.15) is 19.0 Å². The number of amides is 1. The van der Waals surface area contributed by atoms with Gasteiger partial charge in [-0.15, -0.1) is 0 Å². The summed E-state index contributed by atoms with van der Waals surface area (Å²) in [6.07, 6.45) is 5.84. The van der Waals surface area contributed by atoms with E-state index in [4.69, 9.17) is 21.1 Å². The number of benzene rings is 2. The first-order valence-electron chi connectivity index (χ1n) is 10.9. The summed E-state index contributed by atoms with van der Waals surface area (Å²) in [6.45, 7) is 1.80. The Labute approximate surface area is 201 Å². The summed E-state index contributed by atoms with van der Waals surface area (Å²) >= 11 is 6.07. The zero-order valence-electron chi connectivity index (χ0n) is 18.2. The van der Waals surface area contributed by atoms with Crippen LogP contribution in [0.2, 0.25) is 5.02 Å². The minimum atomic E-state index is -0.742. The Hall–Kier alpha value is -3.78. The van der Waals surface area contributed by atoms with Gasteiger partial charge in [0, 0.05) is 36.1 Å². The number of carbonyl (C=O) groups excluding carboxylic acids is 2. The fourth-order valence-corrected chi connectivity index (χ4v) is 4.42. The largest absolute Gasteiger partial charge is 0.507 e. The van der Waals surface area contributed by atoms with Gasteiger partial charge in [0.2, 0.25) is 0 Å². The van der Waals surface area contributed by atoms with Crippen molar-refractivity contribution in [3.8, 4) is 11.5 Å². The number of likely N-dealkylation sites (tertiary alicyclic amines) is 1. The molecule has 8 nitrogen and oxygen atoms in total. The quantitative estimate of drug-likeness (QED) is 0.328. The molecule has 1 atom stereocenters. The van der Waals surface area contributed by atoms with Gasteiger partial charge in [-0.2, -0.15) is 0 Å². The minimum absolute atomic E-state index is 0.0339. The van der Waals surface area contributed by atoms with Gasteiger partial charge in [-0.3, -0.25) is 9.59 Å². The summed E-state index contributed by atoms with van der Waals surface area (Å²) < 4.78 is 13.1. The molecule has 34 heavy (non-hydrogen) atoms. The van der Waals surface area contributed by atoms with Crippen LogP contribution in [0.5, 0.6) is 11.5 Å². The molecule has 0 aliphatic carbocycles. The molecule has 0 bridgehead atoms. The van der Waals surface area contributed by atoms with Crippen LogP contribution in [0.25, 0.3) is 5.76 Å². The molecule has 0 radical (unpaired) electrons. The van der Waals surface area contributed by atoms with E-state index in [1.807, 2.05) is 10.8 Å². The number of aliphatic hydroxyl groups is 1. The molecule has 1 fully saturated rings. The van der Waals surface area contributed by atoms with Crippen molar-refractivity contribution in [3.05, 3.63) is 82.9 Å². The van der Waals surface area contributed by atoms with Gasteiger partial charge in [-0.1, -0.05) is 23.7 Å². The number of hydrogen-bond donors (Lipinski definition) is 1. The Morgan fingerprint density at radius 1 is 1.06 bits per heavy atom. The number of nitrogens with zero attached hydrogens (tertiary/aromatic N) is 3. The summed E-state index contributed by atoms with van der Waals surface area (Å²) in [5.41, 5.74) is 1.09. The third-order valence-corrected chi connectivity index (χ3v) is 6.17. The number of carbonyl (C=O) groups is 2. The zero-order valence-corrected chi connectivity index (χ0v) is 18.9. The normalized spacial score (nSPS) is 19.0. The van der Waals surface area contributed by atoms with E-state index in [9.17, 15) is 14.7 Å². The topological polar surface area (TPSA) is 93.9 Å². The van der Waals surface area contributed by atoms with E-state index in [-0.39, 0.29) is 11.3 Å². The molecule has 1 saturated heterocycles. The van der Waals surface area contributed by atoms with Crippen LogP contribution in [0.3, 0.4) is 0 Å². The summed E-state index contributed by atoms with van der Waals surface area (Å²) in [5.74, 6) is -0.586. The fourth-order valence-electron chi connectivity index (χ4n) is 4.29. The molecule has 3 aromatic rings. The lowest BCUT2D eigenvalue weighted by Gasteiger charge is -2.25. The summed E-state index contributed by atoms with van der Waals surface area (Å²) in [6, 6.07) is 11.1. The molecular formula is C25H22ClN3O5. The Morgan fingerprint density at radius 2 is 1.82 bits per heavy atom. The number of Topliss-reactive ketones (excluding diaryl/α,β-unsaturated/α-hetero) is 1. The summed E-state index contributed by atoms with van der Waals surface area (Å²) in [4.78, 5) is 31.8. The maximum absolute atomic E-state index is 13.2. The van der Waals surface area contributed by atoms with E-state index in [2.05, 4.69) is 4.98 Å². The Balaban J connectivity index is 1.53. The Bertz CT molecular complexity index is 1250.